The third-order valence-electron chi connectivity index (χ3n) is 3.44. The van der Waals surface area contributed by atoms with E-state index in [-0.39, 0.29) is 11.3 Å². The Kier molecular flexibility index (Phi) is 4.51. The number of thioether (sulfide) groups is 2. The van der Waals surface area contributed by atoms with Crippen molar-refractivity contribution >= 4 is 29.4 Å². The molecule has 0 N–H and O–H groups in total. The standard InChI is InChI=1S/C16H16N2OS2/c1-20-14-6-4-13(5-7-14)16-18(15(19)11-21-16)10-12-3-2-8-17-9-12/h2-9,16H,10-11H2,1H3. The molecule has 2 aromatic rings. The molecule has 1 aliphatic rings. The molecular formula is C16H16N2OS2. The average Bonchev–Trinajstić information content (AvgIpc) is 2.90. The molecule has 0 saturated carbocycles. The predicted molar refractivity (Wildman–Crippen MR) is 88.2 cm³/mol. The van der Waals surface area contributed by atoms with Crippen LogP contribution in [0.15, 0.2) is 53.7 Å². The smallest absolute Gasteiger partial charge is 0.234 e. The van der Waals surface area contributed by atoms with Gasteiger partial charge in [-0.1, -0.05) is 18.2 Å². The van der Waals surface area contributed by atoms with Crippen LogP contribution in [0.4, 0.5) is 0 Å². The van der Waals surface area contributed by atoms with Gasteiger partial charge >= 0.3 is 0 Å². The topological polar surface area (TPSA) is 33.2 Å². The predicted octanol–water partition coefficient (Wildman–Crippen LogP) is 3.58. The van der Waals surface area contributed by atoms with E-state index in [0.29, 0.717) is 12.3 Å². The molecule has 1 saturated heterocycles. The third kappa shape index (κ3) is 3.24. The van der Waals surface area contributed by atoms with E-state index in [4.69, 9.17) is 0 Å². The summed E-state index contributed by atoms with van der Waals surface area (Å²) in [4.78, 5) is 19.5. The number of hydrogen-bond donors (Lipinski definition) is 0. The Morgan fingerprint density at radius 2 is 2.14 bits per heavy atom. The summed E-state index contributed by atoms with van der Waals surface area (Å²) in [5, 5.41) is 0.105. The molecule has 3 nitrogen and oxygen atoms in total. The molecule has 0 bridgehead atoms. The summed E-state index contributed by atoms with van der Waals surface area (Å²) in [6.07, 6.45) is 5.64. The van der Waals surface area contributed by atoms with Gasteiger partial charge in [-0.05, 0) is 35.6 Å². The number of hydrogen-bond acceptors (Lipinski definition) is 4. The summed E-state index contributed by atoms with van der Waals surface area (Å²) < 4.78 is 0. The Hall–Kier alpha value is -1.46. The second kappa shape index (κ2) is 6.54. The Morgan fingerprint density at radius 1 is 1.33 bits per heavy atom. The molecule has 0 radical (unpaired) electrons. The van der Waals surface area contributed by atoms with E-state index >= 15 is 0 Å². The van der Waals surface area contributed by atoms with E-state index < -0.39 is 0 Å². The summed E-state index contributed by atoms with van der Waals surface area (Å²) in [5.41, 5.74) is 2.26. The van der Waals surface area contributed by atoms with Crippen molar-refractivity contribution in [1.82, 2.24) is 9.88 Å². The van der Waals surface area contributed by atoms with Gasteiger partial charge in [0.15, 0.2) is 0 Å². The Balaban J connectivity index is 1.81. The molecule has 1 aromatic heterocycles. The zero-order valence-corrected chi connectivity index (χ0v) is 13.4. The van der Waals surface area contributed by atoms with Gasteiger partial charge in [0.25, 0.3) is 0 Å². The maximum Gasteiger partial charge on any atom is 0.234 e. The van der Waals surface area contributed by atoms with Crippen molar-refractivity contribution in [2.24, 2.45) is 0 Å². The Labute approximate surface area is 133 Å². The third-order valence-corrected chi connectivity index (χ3v) is 5.44. The zero-order chi connectivity index (χ0) is 14.7. The maximum atomic E-state index is 12.2. The van der Waals surface area contributed by atoms with Crippen molar-refractivity contribution in [2.75, 3.05) is 12.0 Å². The molecule has 108 valence electrons. The molecule has 1 fully saturated rings. The molecule has 2 heterocycles. The van der Waals surface area contributed by atoms with E-state index in [1.54, 1.807) is 29.7 Å². The Morgan fingerprint density at radius 3 is 2.81 bits per heavy atom. The lowest BCUT2D eigenvalue weighted by atomic mass is 10.2. The minimum absolute atomic E-state index is 0.105. The van der Waals surface area contributed by atoms with Crippen molar-refractivity contribution in [3.63, 3.8) is 0 Å². The van der Waals surface area contributed by atoms with Gasteiger partial charge in [-0.3, -0.25) is 9.78 Å². The summed E-state index contributed by atoms with van der Waals surface area (Å²) >= 11 is 3.42. The number of rotatable bonds is 4. The van der Waals surface area contributed by atoms with Gasteiger partial charge in [-0.15, -0.1) is 23.5 Å². The van der Waals surface area contributed by atoms with Crippen molar-refractivity contribution in [2.45, 2.75) is 16.8 Å². The van der Waals surface area contributed by atoms with E-state index in [9.17, 15) is 4.79 Å². The number of pyridine rings is 1. The van der Waals surface area contributed by atoms with Crippen LogP contribution in [-0.4, -0.2) is 27.8 Å². The van der Waals surface area contributed by atoms with Crippen molar-refractivity contribution in [1.29, 1.82) is 0 Å². The number of benzene rings is 1. The molecule has 5 heteroatoms. The van der Waals surface area contributed by atoms with Crippen LogP contribution in [0.3, 0.4) is 0 Å². The molecule has 0 spiro atoms. The lowest BCUT2D eigenvalue weighted by Gasteiger charge is -2.24. The van der Waals surface area contributed by atoms with Crippen LogP contribution in [0.5, 0.6) is 0 Å². The first-order chi connectivity index (χ1) is 10.3. The summed E-state index contributed by atoms with van der Waals surface area (Å²) in [6, 6.07) is 12.4. The molecule has 1 atom stereocenters. The fourth-order valence-corrected chi connectivity index (χ4v) is 3.95. The molecular weight excluding hydrogens is 300 g/mol. The highest BCUT2D eigenvalue weighted by Crippen LogP contribution is 2.39. The average molecular weight is 316 g/mol. The minimum Gasteiger partial charge on any atom is -0.321 e. The molecule has 21 heavy (non-hydrogen) atoms. The summed E-state index contributed by atoms with van der Waals surface area (Å²) in [6.45, 7) is 0.620. The van der Waals surface area contributed by atoms with E-state index in [1.807, 2.05) is 23.2 Å². The molecule has 1 aliphatic heterocycles. The van der Waals surface area contributed by atoms with E-state index in [1.165, 1.54) is 10.5 Å². The first-order valence-electron chi connectivity index (χ1n) is 6.72. The van der Waals surface area contributed by atoms with Crippen LogP contribution in [0.1, 0.15) is 16.5 Å². The lowest BCUT2D eigenvalue weighted by molar-refractivity contribution is -0.128. The van der Waals surface area contributed by atoms with Gasteiger partial charge in [0.05, 0.1) is 5.75 Å². The SMILES string of the molecule is CSc1ccc(C2SCC(=O)N2Cc2cccnc2)cc1. The highest BCUT2D eigenvalue weighted by atomic mass is 32.2. The first-order valence-corrected chi connectivity index (χ1v) is 8.99. The molecule has 1 unspecified atom stereocenters. The van der Waals surface area contributed by atoms with Gasteiger partial charge in [-0.25, -0.2) is 0 Å². The van der Waals surface area contributed by atoms with Gasteiger partial charge in [-0.2, -0.15) is 0 Å². The van der Waals surface area contributed by atoms with Crippen LogP contribution < -0.4 is 0 Å². The van der Waals surface area contributed by atoms with Gasteiger partial charge in [0.1, 0.15) is 5.37 Å². The maximum absolute atomic E-state index is 12.2. The van der Waals surface area contributed by atoms with Gasteiger partial charge in [0, 0.05) is 23.8 Å². The van der Waals surface area contributed by atoms with Crippen molar-refractivity contribution < 1.29 is 4.79 Å². The fraction of sp³-hybridized carbons (Fsp3) is 0.250. The summed E-state index contributed by atoms with van der Waals surface area (Å²) in [5.74, 6) is 0.748. The number of amides is 1. The van der Waals surface area contributed by atoms with Crippen LogP contribution in [0, 0.1) is 0 Å². The number of carbonyl (C=O) groups is 1. The summed E-state index contributed by atoms with van der Waals surface area (Å²) in [7, 11) is 0. The van der Waals surface area contributed by atoms with Crippen LogP contribution in [0.25, 0.3) is 0 Å². The molecule has 3 rings (SSSR count). The number of carbonyl (C=O) groups excluding carboxylic acids is 1. The monoisotopic (exact) mass is 316 g/mol. The Bertz CT molecular complexity index is 616. The normalized spacial score (nSPS) is 18.2. The number of nitrogens with zero attached hydrogens (tertiary/aromatic N) is 2. The lowest BCUT2D eigenvalue weighted by Crippen LogP contribution is -2.27. The van der Waals surface area contributed by atoms with Crippen LogP contribution in [-0.2, 0) is 11.3 Å². The minimum atomic E-state index is 0.105. The highest BCUT2D eigenvalue weighted by Gasteiger charge is 2.32. The van der Waals surface area contributed by atoms with Gasteiger partial charge in [0.2, 0.25) is 5.91 Å². The molecule has 0 aliphatic carbocycles. The quantitative estimate of drug-likeness (QED) is 0.807. The van der Waals surface area contributed by atoms with E-state index in [2.05, 4.69) is 35.5 Å². The second-order valence-corrected chi connectivity index (χ2v) is 6.77. The molecule has 1 aromatic carbocycles. The number of aromatic nitrogens is 1. The van der Waals surface area contributed by atoms with E-state index in [0.717, 1.165) is 5.56 Å². The van der Waals surface area contributed by atoms with Crippen LogP contribution >= 0.6 is 23.5 Å². The van der Waals surface area contributed by atoms with Crippen molar-refractivity contribution in [3.05, 3.63) is 59.9 Å². The largest absolute Gasteiger partial charge is 0.321 e. The van der Waals surface area contributed by atoms with Crippen molar-refractivity contribution in [3.8, 4) is 0 Å². The second-order valence-electron chi connectivity index (χ2n) is 4.82. The van der Waals surface area contributed by atoms with Gasteiger partial charge < -0.3 is 4.90 Å². The first kappa shape index (κ1) is 14.5. The highest BCUT2D eigenvalue weighted by molar-refractivity contribution is 8.00. The fourth-order valence-electron chi connectivity index (χ4n) is 2.36. The van der Waals surface area contributed by atoms with Crippen LogP contribution in [0.2, 0.25) is 0 Å². The molecule has 1 amide bonds. The zero-order valence-electron chi connectivity index (χ0n) is 11.7.